The van der Waals surface area contributed by atoms with Gasteiger partial charge in [0.1, 0.15) is 11.4 Å². The summed E-state index contributed by atoms with van der Waals surface area (Å²) in [6, 6.07) is 1.46. The molecule has 0 saturated heterocycles. The normalized spacial score (nSPS) is 10.6. The first-order valence-electron chi connectivity index (χ1n) is 4.90. The largest absolute Gasteiger partial charge is 0.461 e. The molecule has 0 spiro atoms. The Morgan fingerprint density at radius 3 is 2.62 bits per heavy atom. The van der Waals surface area contributed by atoms with Crippen LogP contribution in [0.1, 0.15) is 40.7 Å². The zero-order chi connectivity index (χ0) is 12.3. The van der Waals surface area contributed by atoms with Gasteiger partial charge in [-0.05, 0) is 38.0 Å². The predicted octanol–water partition coefficient (Wildman–Crippen LogP) is 2.81. The Balaban J connectivity index is 3.18. The molecular formula is C11H13F2NO2. The lowest BCUT2D eigenvalue weighted by Gasteiger charge is -2.09. The number of carbonyl (C=O) groups excluding carboxylic acids is 1. The Hall–Kier alpha value is -1.52. The van der Waals surface area contributed by atoms with Gasteiger partial charge in [0.05, 0.1) is 6.61 Å². The van der Waals surface area contributed by atoms with E-state index >= 15 is 0 Å². The highest BCUT2D eigenvalue weighted by Crippen LogP contribution is 2.23. The third-order valence-electron chi connectivity index (χ3n) is 2.26. The van der Waals surface area contributed by atoms with Gasteiger partial charge >= 0.3 is 5.97 Å². The van der Waals surface area contributed by atoms with E-state index < -0.39 is 12.4 Å². The number of alkyl halides is 2. The fraction of sp³-hybridized carbons (Fsp3) is 0.455. The molecule has 0 radical (unpaired) electrons. The van der Waals surface area contributed by atoms with Gasteiger partial charge in [0.25, 0.3) is 6.43 Å². The minimum Gasteiger partial charge on any atom is -0.461 e. The van der Waals surface area contributed by atoms with Crippen molar-refractivity contribution in [2.75, 3.05) is 6.61 Å². The summed E-state index contributed by atoms with van der Waals surface area (Å²) >= 11 is 0. The summed E-state index contributed by atoms with van der Waals surface area (Å²) in [6.45, 7) is 5.05. The minimum absolute atomic E-state index is 0.0692. The maximum Gasteiger partial charge on any atom is 0.356 e. The fourth-order valence-electron chi connectivity index (χ4n) is 1.28. The SMILES string of the molecule is CCOC(=O)c1cc(C)c(C)c(C(F)F)n1. The molecule has 3 nitrogen and oxygen atoms in total. The Morgan fingerprint density at radius 2 is 2.12 bits per heavy atom. The molecule has 1 rings (SSSR count). The topological polar surface area (TPSA) is 39.2 Å². The predicted molar refractivity (Wildman–Crippen MR) is 54.6 cm³/mol. The molecule has 0 amide bonds. The highest BCUT2D eigenvalue weighted by Gasteiger charge is 2.18. The van der Waals surface area contributed by atoms with Crippen LogP contribution in [0.3, 0.4) is 0 Å². The van der Waals surface area contributed by atoms with Gasteiger partial charge in [-0.2, -0.15) is 0 Å². The molecule has 1 aromatic heterocycles. The maximum absolute atomic E-state index is 12.6. The zero-order valence-electron chi connectivity index (χ0n) is 9.38. The van der Waals surface area contributed by atoms with Crippen molar-refractivity contribution in [3.63, 3.8) is 0 Å². The zero-order valence-corrected chi connectivity index (χ0v) is 9.38. The summed E-state index contributed by atoms with van der Waals surface area (Å²) in [6.07, 6.45) is -2.69. The highest BCUT2D eigenvalue weighted by atomic mass is 19.3. The first-order valence-corrected chi connectivity index (χ1v) is 4.90. The summed E-state index contributed by atoms with van der Waals surface area (Å²) in [5.41, 5.74) is 0.583. The number of aromatic nitrogens is 1. The first kappa shape index (κ1) is 12.5. The van der Waals surface area contributed by atoms with Crippen LogP contribution in [0.5, 0.6) is 0 Å². The number of hydrogen-bond donors (Lipinski definition) is 0. The third-order valence-corrected chi connectivity index (χ3v) is 2.26. The number of nitrogens with zero attached hydrogens (tertiary/aromatic N) is 1. The first-order chi connectivity index (χ1) is 7.47. The molecule has 0 bridgehead atoms. The van der Waals surface area contributed by atoms with Crippen molar-refractivity contribution in [2.24, 2.45) is 0 Å². The van der Waals surface area contributed by atoms with Crippen molar-refractivity contribution in [2.45, 2.75) is 27.2 Å². The Bertz CT molecular complexity index is 405. The van der Waals surface area contributed by atoms with Crippen LogP contribution in [0, 0.1) is 13.8 Å². The molecule has 0 aliphatic carbocycles. The Labute approximate surface area is 92.4 Å². The van der Waals surface area contributed by atoms with Gasteiger partial charge in [-0.1, -0.05) is 0 Å². The second-order valence-electron chi connectivity index (χ2n) is 3.36. The van der Waals surface area contributed by atoms with Gasteiger partial charge in [-0.25, -0.2) is 18.6 Å². The van der Waals surface area contributed by atoms with Gasteiger partial charge in [0.15, 0.2) is 0 Å². The highest BCUT2D eigenvalue weighted by molar-refractivity contribution is 5.87. The summed E-state index contributed by atoms with van der Waals surface area (Å²) < 4.78 is 30.0. The minimum atomic E-state index is -2.69. The summed E-state index contributed by atoms with van der Waals surface area (Å²) in [4.78, 5) is 15.0. The molecule has 1 heterocycles. The van der Waals surface area contributed by atoms with Crippen LogP contribution < -0.4 is 0 Å². The summed E-state index contributed by atoms with van der Waals surface area (Å²) in [5, 5.41) is 0. The molecule has 0 aromatic carbocycles. The number of hydrogen-bond acceptors (Lipinski definition) is 3. The van der Waals surface area contributed by atoms with Crippen LogP contribution in [-0.4, -0.2) is 17.6 Å². The molecular weight excluding hydrogens is 216 g/mol. The van der Waals surface area contributed by atoms with Crippen molar-refractivity contribution < 1.29 is 18.3 Å². The summed E-state index contributed by atoms with van der Waals surface area (Å²) in [7, 11) is 0. The lowest BCUT2D eigenvalue weighted by Crippen LogP contribution is -2.10. The van der Waals surface area contributed by atoms with Gasteiger partial charge < -0.3 is 4.74 Å². The van der Waals surface area contributed by atoms with Crippen LogP contribution in [0.25, 0.3) is 0 Å². The van der Waals surface area contributed by atoms with E-state index in [2.05, 4.69) is 4.98 Å². The standard InChI is InChI=1S/C11H13F2NO2/c1-4-16-11(15)8-5-6(2)7(3)9(14-8)10(12)13/h5,10H,4H2,1-3H3. The van der Waals surface area contributed by atoms with Crippen LogP contribution in [0.4, 0.5) is 8.78 Å². The van der Waals surface area contributed by atoms with E-state index in [1.54, 1.807) is 20.8 Å². The fourth-order valence-corrected chi connectivity index (χ4v) is 1.28. The van der Waals surface area contributed by atoms with Gasteiger partial charge in [-0.3, -0.25) is 0 Å². The quantitative estimate of drug-likeness (QED) is 0.748. The van der Waals surface area contributed by atoms with Crippen molar-refractivity contribution in [3.05, 3.63) is 28.6 Å². The average molecular weight is 229 g/mol. The Morgan fingerprint density at radius 1 is 1.50 bits per heavy atom. The van der Waals surface area contributed by atoms with E-state index in [0.29, 0.717) is 11.1 Å². The second kappa shape index (κ2) is 5.01. The lowest BCUT2D eigenvalue weighted by molar-refractivity contribution is 0.0517. The summed E-state index contributed by atoms with van der Waals surface area (Å²) in [5.74, 6) is -0.674. The molecule has 0 fully saturated rings. The van der Waals surface area contributed by atoms with Crippen LogP contribution in [0.2, 0.25) is 0 Å². The molecule has 0 atom stereocenters. The monoisotopic (exact) mass is 229 g/mol. The molecule has 0 saturated carbocycles. The van der Waals surface area contributed by atoms with E-state index in [-0.39, 0.29) is 18.0 Å². The molecule has 0 N–H and O–H groups in total. The van der Waals surface area contributed by atoms with E-state index in [1.807, 2.05) is 0 Å². The number of rotatable bonds is 3. The van der Waals surface area contributed by atoms with Crippen molar-refractivity contribution in [3.8, 4) is 0 Å². The Kier molecular flexibility index (Phi) is 3.93. The van der Waals surface area contributed by atoms with Gasteiger partial charge in [0.2, 0.25) is 0 Å². The third kappa shape index (κ3) is 2.53. The number of carbonyl (C=O) groups is 1. The molecule has 5 heteroatoms. The molecule has 1 aromatic rings. The van der Waals surface area contributed by atoms with E-state index in [0.717, 1.165) is 0 Å². The van der Waals surface area contributed by atoms with Crippen molar-refractivity contribution in [1.82, 2.24) is 4.98 Å². The maximum atomic E-state index is 12.6. The second-order valence-corrected chi connectivity index (χ2v) is 3.36. The van der Waals surface area contributed by atoms with Crippen molar-refractivity contribution in [1.29, 1.82) is 0 Å². The van der Waals surface area contributed by atoms with Crippen LogP contribution in [-0.2, 0) is 4.74 Å². The van der Waals surface area contributed by atoms with Gasteiger partial charge in [-0.15, -0.1) is 0 Å². The number of aryl methyl sites for hydroxylation is 1. The van der Waals surface area contributed by atoms with Crippen molar-refractivity contribution >= 4 is 5.97 Å². The molecule has 88 valence electrons. The average Bonchev–Trinajstić information content (AvgIpc) is 2.21. The van der Waals surface area contributed by atoms with E-state index in [9.17, 15) is 13.6 Å². The number of pyridine rings is 1. The smallest absolute Gasteiger partial charge is 0.356 e. The number of halogens is 2. The van der Waals surface area contributed by atoms with Crippen LogP contribution >= 0.6 is 0 Å². The van der Waals surface area contributed by atoms with E-state index in [1.165, 1.54) is 6.07 Å². The number of ether oxygens (including phenoxy) is 1. The van der Waals surface area contributed by atoms with Gasteiger partial charge in [0, 0.05) is 0 Å². The molecule has 0 aliphatic rings. The van der Waals surface area contributed by atoms with E-state index in [4.69, 9.17) is 4.74 Å². The molecule has 16 heavy (non-hydrogen) atoms. The van der Waals surface area contributed by atoms with Crippen LogP contribution in [0.15, 0.2) is 6.07 Å². The lowest BCUT2D eigenvalue weighted by atomic mass is 10.1. The molecule has 0 aliphatic heterocycles. The molecule has 0 unspecified atom stereocenters. The number of esters is 1.